The molecule has 0 aromatic carbocycles. The summed E-state index contributed by atoms with van der Waals surface area (Å²) in [6, 6.07) is -0.672. The van der Waals surface area contributed by atoms with E-state index in [1.165, 1.54) is 6.92 Å². The zero-order chi connectivity index (χ0) is 17.2. The lowest BCUT2D eigenvalue weighted by atomic mass is 9.77. The van der Waals surface area contributed by atoms with E-state index in [0.717, 1.165) is 4.90 Å². The second kappa shape index (κ2) is 6.46. The van der Waals surface area contributed by atoms with Crippen molar-refractivity contribution >= 4 is 24.3 Å². The number of ether oxygens (including phenoxy) is 2. The Hall–Kier alpha value is -1.92. The van der Waals surface area contributed by atoms with Crippen LogP contribution in [0, 0.1) is 11.8 Å². The number of aldehydes is 1. The van der Waals surface area contributed by atoms with E-state index in [1.807, 2.05) is 0 Å². The topological polar surface area (TPSA) is 90.0 Å². The van der Waals surface area contributed by atoms with Crippen molar-refractivity contribution in [1.29, 1.82) is 0 Å². The lowest BCUT2D eigenvalue weighted by Crippen LogP contribution is -2.69. The van der Waals surface area contributed by atoms with Gasteiger partial charge in [-0.1, -0.05) is 6.92 Å². The van der Waals surface area contributed by atoms with E-state index < -0.39 is 47.6 Å². The lowest BCUT2D eigenvalue weighted by molar-refractivity contribution is -0.172. The number of nitrogens with zero attached hydrogens (tertiary/aromatic N) is 1. The Kier molecular flexibility index (Phi) is 5.32. The Balaban J connectivity index is 2.96. The van der Waals surface area contributed by atoms with E-state index in [0.29, 0.717) is 6.29 Å². The van der Waals surface area contributed by atoms with Crippen LogP contribution in [0.3, 0.4) is 0 Å². The van der Waals surface area contributed by atoms with Crippen LogP contribution in [0.15, 0.2) is 0 Å². The number of hydrogen-bond acceptors (Lipinski definition) is 6. The number of carbonyl (C=O) groups is 4. The monoisotopic (exact) mass is 313 g/mol. The fraction of sp³-hybridized carbons (Fsp3) is 0.733. The highest BCUT2D eigenvalue weighted by molar-refractivity contribution is 6.00. The normalized spacial score (nSPS) is 24.1. The van der Waals surface area contributed by atoms with Crippen LogP contribution in [0.2, 0.25) is 0 Å². The van der Waals surface area contributed by atoms with E-state index >= 15 is 0 Å². The number of likely N-dealkylation sites (tertiary alicyclic amines) is 1. The maximum atomic E-state index is 12.3. The van der Waals surface area contributed by atoms with Gasteiger partial charge < -0.3 is 14.3 Å². The summed E-state index contributed by atoms with van der Waals surface area (Å²) < 4.78 is 10.2. The molecule has 7 heteroatoms. The standard InChI is InChI=1S/C15H23NO6/c1-8(7-17)12-11(9(2)21-10(3)18)13(19)16(12)14(20)22-15(4,5)6/h7-9,11-12H,1-6H3/t8-,9+,11+,12+/m0/s1. The van der Waals surface area contributed by atoms with Gasteiger partial charge in [0.2, 0.25) is 5.91 Å². The molecule has 22 heavy (non-hydrogen) atoms. The molecule has 0 saturated carbocycles. The maximum absolute atomic E-state index is 12.3. The van der Waals surface area contributed by atoms with Gasteiger partial charge in [0, 0.05) is 12.8 Å². The average molecular weight is 313 g/mol. The smallest absolute Gasteiger partial charge is 0.417 e. The summed E-state index contributed by atoms with van der Waals surface area (Å²) in [6.07, 6.45) is -0.833. The zero-order valence-corrected chi connectivity index (χ0v) is 13.8. The predicted molar refractivity (Wildman–Crippen MR) is 76.8 cm³/mol. The molecular weight excluding hydrogens is 290 g/mol. The zero-order valence-electron chi connectivity index (χ0n) is 13.8. The number of rotatable bonds is 4. The lowest BCUT2D eigenvalue weighted by Gasteiger charge is -2.48. The second-order valence-electron chi connectivity index (χ2n) is 6.51. The van der Waals surface area contributed by atoms with Gasteiger partial charge in [0.15, 0.2) is 0 Å². The Bertz CT molecular complexity index is 481. The van der Waals surface area contributed by atoms with Crippen molar-refractivity contribution in [2.45, 2.75) is 59.3 Å². The first-order chi connectivity index (χ1) is 9.99. The molecule has 0 bridgehead atoms. The second-order valence-corrected chi connectivity index (χ2v) is 6.51. The van der Waals surface area contributed by atoms with E-state index in [2.05, 4.69) is 0 Å². The molecule has 0 spiro atoms. The van der Waals surface area contributed by atoms with Crippen molar-refractivity contribution in [3.8, 4) is 0 Å². The summed E-state index contributed by atoms with van der Waals surface area (Å²) in [5, 5.41) is 0. The summed E-state index contributed by atoms with van der Waals surface area (Å²) in [6.45, 7) is 9.48. The molecule has 7 nitrogen and oxygen atoms in total. The molecule has 0 aliphatic carbocycles. The van der Waals surface area contributed by atoms with Crippen LogP contribution < -0.4 is 0 Å². The number of hydrogen-bond donors (Lipinski definition) is 0. The fourth-order valence-electron chi connectivity index (χ4n) is 2.51. The van der Waals surface area contributed by atoms with E-state index in [4.69, 9.17) is 9.47 Å². The van der Waals surface area contributed by atoms with E-state index in [1.54, 1.807) is 34.6 Å². The summed E-state index contributed by atoms with van der Waals surface area (Å²) in [7, 11) is 0. The number of β-lactam (4-membered cyclic amide) rings is 1. The van der Waals surface area contributed by atoms with E-state index in [9.17, 15) is 19.2 Å². The number of esters is 1. The van der Waals surface area contributed by atoms with Crippen molar-refractivity contribution in [1.82, 2.24) is 4.90 Å². The van der Waals surface area contributed by atoms with Gasteiger partial charge in [-0.15, -0.1) is 0 Å². The molecule has 124 valence electrons. The molecule has 1 aliphatic heterocycles. The molecular formula is C15H23NO6. The Morgan fingerprint density at radius 3 is 2.23 bits per heavy atom. The van der Waals surface area contributed by atoms with Gasteiger partial charge in [-0.05, 0) is 27.7 Å². The van der Waals surface area contributed by atoms with Crippen molar-refractivity contribution < 1.29 is 28.7 Å². The molecule has 0 radical (unpaired) electrons. The van der Waals surface area contributed by atoms with Gasteiger partial charge in [0.25, 0.3) is 0 Å². The SMILES string of the molecule is CC(=O)O[C@H](C)[C@H]1C(=O)N(C(=O)OC(C)(C)C)[C@@H]1[C@@H](C)C=O. The highest BCUT2D eigenvalue weighted by Gasteiger charge is 2.57. The minimum Gasteiger partial charge on any atom is -0.462 e. The van der Waals surface area contributed by atoms with Crippen LogP contribution in [0.1, 0.15) is 41.5 Å². The molecule has 1 fully saturated rings. The number of carbonyl (C=O) groups excluding carboxylic acids is 4. The molecule has 4 atom stereocenters. The van der Waals surface area contributed by atoms with Crippen LogP contribution in [-0.2, 0) is 23.9 Å². The molecule has 1 heterocycles. The maximum Gasteiger partial charge on any atom is 0.417 e. The molecule has 0 aromatic heterocycles. The van der Waals surface area contributed by atoms with Crippen molar-refractivity contribution in [2.75, 3.05) is 0 Å². The van der Waals surface area contributed by atoms with Gasteiger partial charge >= 0.3 is 12.1 Å². The summed E-state index contributed by atoms with van der Waals surface area (Å²) in [5.74, 6) is -2.32. The Labute approximate surface area is 129 Å². The highest BCUT2D eigenvalue weighted by atomic mass is 16.6. The van der Waals surface area contributed by atoms with Crippen LogP contribution in [0.4, 0.5) is 4.79 Å². The van der Waals surface area contributed by atoms with Crippen molar-refractivity contribution in [3.05, 3.63) is 0 Å². The molecule has 1 aliphatic rings. The molecule has 0 aromatic rings. The third-order valence-corrected chi connectivity index (χ3v) is 3.39. The minimum absolute atomic E-state index is 0.498. The quantitative estimate of drug-likeness (QED) is 0.444. The van der Waals surface area contributed by atoms with Crippen molar-refractivity contribution in [3.63, 3.8) is 0 Å². The van der Waals surface area contributed by atoms with Gasteiger partial charge in [-0.25, -0.2) is 9.69 Å². The van der Waals surface area contributed by atoms with Crippen LogP contribution in [0.25, 0.3) is 0 Å². The predicted octanol–water partition coefficient (Wildman–Crippen LogP) is 1.54. The largest absolute Gasteiger partial charge is 0.462 e. The number of imide groups is 1. The molecule has 0 N–H and O–H groups in total. The van der Waals surface area contributed by atoms with Gasteiger partial charge in [-0.3, -0.25) is 9.59 Å². The van der Waals surface area contributed by atoms with Crippen molar-refractivity contribution in [2.24, 2.45) is 11.8 Å². The summed E-state index contributed by atoms with van der Waals surface area (Å²) in [4.78, 5) is 47.5. The first kappa shape index (κ1) is 18.1. The molecule has 0 unspecified atom stereocenters. The van der Waals surface area contributed by atoms with Gasteiger partial charge in [-0.2, -0.15) is 0 Å². The van der Waals surface area contributed by atoms with Gasteiger partial charge in [0.1, 0.15) is 18.0 Å². The average Bonchev–Trinajstić information content (AvgIpc) is 2.31. The Morgan fingerprint density at radius 1 is 1.27 bits per heavy atom. The highest BCUT2D eigenvalue weighted by Crippen LogP contribution is 2.36. The molecule has 1 saturated heterocycles. The number of amides is 2. The third-order valence-electron chi connectivity index (χ3n) is 3.39. The van der Waals surface area contributed by atoms with E-state index in [-0.39, 0.29) is 0 Å². The van der Waals surface area contributed by atoms with Gasteiger partial charge in [0.05, 0.1) is 12.0 Å². The van der Waals surface area contributed by atoms with Crippen LogP contribution >= 0.6 is 0 Å². The summed E-state index contributed by atoms with van der Waals surface area (Å²) >= 11 is 0. The first-order valence-electron chi connectivity index (χ1n) is 7.18. The third kappa shape index (κ3) is 3.84. The molecule has 1 rings (SSSR count). The van der Waals surface area contributed by atoms with Crippen LogP contribution in [-0.4, -0.2) is 46.9 Å². The van der Waals surface area contributed by atoms with Crippen LogP contribution in [0.5, 0.6) is 0 Å². The summed E-state index contributed by atoms with van der Waals surface area (Å²) in [5.41, 5.74) is -0.751. The molecule has 2 amide bonds. The first-order valence-corrected chi connectivity index (χ1v) is 7.18. The fourth-order valence-corrected chi connectivity index (χ4v) is 2.51. The Morgan fingerprint density at radius 2 is 1.82 bits per heavy atom. The minimum atomic E-state index is -0.789.